The molecule has 0 aliphatic carbocycles. The second-order valence-electron chi connectivity index (χ2n) is 7.96. The molecule has 1 heterocycles. The topological polar surface area (TPSA) is 95.6 Å². The quantitative estimate of drug-likeness (QED) is 0.693. The van der Waals surface area contributed by atoms with Gasteiger partial charge in [0.25, 0.3) is 0 Å². The van der Waals surface area contributed by atoms with Crippen molar-refractivity contribution in [3.8, 4) is 0 Å². The minimum Gasteiger partial charge on any atom is -0.343 e. The molecule has 1 fully saturated rings. The fourth-order valence-electron chi connectivity index (χ4n) is 3.51. The van der Waals surface area contributed by atoms with Crippen molar-refractivity contribution in [2.45, 2.75) is 64.5 Å². The largest absolute Gasteiger partial charge is 0.343 e. The number of halogens is 1. The molecule has 0 radical (unpaired) electrons. The molecule has 162 valence electrons. The molecule has 1 aromatic rings. The van der Waals surface area contributed by atoms with Crippen LogP contribution in [-0.4, -0.2) is 43.6 Å². The molecule has 0 bridgehead atoms. The van der Waals surface area contributed by atoms with E-state index in [1.165, 1.54) is 0 Å². The van der Waals surface area contributed by atoms with E-state index in [1.54, 1.807) is 17.0 Å². The lowest BCUT2D eigenvalue weighted by Crippen LogP contribution is -2.48. The molecule has 7 nitrogen and oxygen atoms in total. The first kappa shape index (κ1) is 23.5. The highest BCUT2D eigenvalue weighted by atomic mass is 35.5. The number of likely N-dealkylation sites (tertiary alicyclic amines) is 1. The van der Waals surface area contributed by atoms with E-state index in [9.17, 15) is 18.0 Å². The molecular weight excluding hydrogens is 414 g/mol. The number of amides is 3. The first-order chi connectivity index (χ1) is 13.5. The smallest absolute Gasteiger partial charge is 0.332 e. The summed E-state index contributed by atoms with van der Waals surface area (Å²) >= 11 is 6.23. The van der Waals surface area contributed by atoms with Gasteiger partial charge in [0, 0.05) is 30.2 Å². The van der Waals surface area contributed by atoms with E-state index in [1.807, 2.05) is 34.6 Å². The Morgan fingerprint density at radius 3 is 2.21 bits per heavy atom. The SMILES string of the molecule is CCN1CCC(S(=O)(=O)NC(=O)Nc2c(C(C)C)cc(Cl)cc2C(C)C)CC1=O. The van der Waals surface area contributed by atoms with Crippen molar-refractivity contribution in [3.05, 3.63) is 28.3 Å². The molecule has 1 unspecified atom stereocenters. The fraction of sp³-hybridized carbons (Fsp3) is 0.600. The molecule has 3 amide bonds. The number of sulfonamides is 1. The molecule has 0 spiro atoms. The molecule has 1 aromatic carbocycles. The minimum atomic E-state index is -3.98. The lowest BCUT2D eigenvalue weighted by Gasteiger charge is -2.30. The third kappa shape index (κ3) is 5.63. The number of hydrogen-bond acceptors (Lipinski definition) is 4. The Morgan fingerprint density at radius 2 is 1.76 bits per heavy atom. The highest BCUT2D eigenvalue weighted by Gasteiger charge is 2.35. The lowest BCUT2D eigenvalue weighted by molar-refractivity contribution is -0.132. The molecule has 0 saturated carbocycles. The molecule has 1 saturated heterocycles. The highest BCUT2D eigenvalue weighted by Crippen LogP contribution is 2.35. The number of carbonyl (C=O) groups is 2. The number of piperidine rings is 1. The zero-order chi connectivity index (χ0) is 21.9. The number of hydrogen-bond donors (Lipinski definition) is 2. The van der Waals surface area contributed by atoms with E-state index >= 15 is 0 Å². The minimum absolute atomic E-state index is 0.0779. The van der Waals surface area contributed by atoms with Gasteiger partial charge in [-0.25, -0.2) is 17.9 Å². The van der Waals surface area contributed by atoms with Crippen LogP contribution >= 0.6 is 11.6 Å². The molecule has 29 heavy (non-hydrogen) atoms. The van der Waals surface area contributed by atoms with Crippen molar-refractivity contribution in [1.82, 2.24) is 9.62 Å². The summed E-state index contributed by atoms with van der Waals surface area (Å²) in [6, 6.07) is 2.73. The van der Waals surface area contributed by atoms with Gasteiger partial charge in [-0.2, -0.15) is 0 Å². The standard InChI is InChI=1S/C20H30ClN3O4S/c1-6-24-8-7-15(11-18(24)25)29(27,28)23-20(26)22-19-16(12(2)3)9-14(21)10-17(19)13(4)5/h9-10,12-13,15H,6-8,11H2,1-5H3,(H2,22,23,26). The van der Waals surface area contributed by atoms with Gasteiger partial charge >= 0.3 is 6.03 Å². The van der Waals surface area contributed by atoms with Crippen LogP contribution in [0.5, 0.6) is 0 Å². The molecule has 0 aromatic heterocycles. The Bertz CT molecular complexity index is 855. The van der Waals surface area contributed by atoms with Crippen molar-refractivity contribution >= 4 is 39.2 Å². The molecule has 1 aliphatic heterocycles. The predicted octanol–water partition coefficient (Wildman–Crippen LogP) is 4.05. The third-order valence-corrected chi connectivity index (χ3v) is 7.15. The maximum atomic E-state index is 12.7. The van der Waals surface area contributed by atoms with E-state index in [0.29, 0.717) is 30.2 Å². The molecule has 2 rings (SSSR count). The monoisotopic (exact) mass is 443 g/mol. The summed E-state index contributed by atoms with van der Waals surface area (Å²) < 4.78 is 27.4. The first-order valence-corrected chi connectivity index (χ1v) is 11.8. The van der Waals surface area contributed by atoms with E-state index < -0.39 is 21.3 Å². The van der Waals surface area contributed by atoms with Gasteiger partial charge in [-0.15, -0.1) is 0 Å². The summed E-state index contributed by atoms with van der Waals surface area (Å²) in [5.41, 5.74) is 2.24. The van der Waals surface area contributed by atoms with Gasteiger partial charge < -0.3 is 10.2 Å². The van der Waals surface area contributed by atoms with Crippen LogP contribution in [0.2, 0.25) is 5.02 Å². The highest BCUT2D eigenvalue weighted by molar-refractivity contribution is 7.90. The first-order valence-electron chi connectivity index (χ1n) is 9.90. The summed E-state index contributed by atoms with van der Waals surface area (Å²) in [6.07, 6.45) is 0.184. The van der Waals surface area contributed by atoms with Gasteiger partial charge in [0.2, 0.25) is 15.9 Å². The number of rotatable bonds is 6. The summed E-state index contributed by atoms with van der Waals surface area (Å²) in [7, 11) is -3.98. The van der Waals surface area contributed by atoms with E-state index in [4.69, 9.17) is 11.6 Å². The van der Waals surface area contributed by atoms with Crippen molar-refractivity contribution in [2.24, 2.45) is 0 Å². The average Bonchev–Trinajstić information content (AvgIpc) is 2.61. The van der Waals surface area contributed by atoms with Crippen LogP contribution in [0.1, 0.15) is 70.4 Å². The van der Waals surface area contributed by atoms with Crippen molar-refractivity contribution in [2.75, 3.05) is 18.4 Å². The van der Waals surface area contributed by atoms with E-state index in [0.717, 1.165) is 11.1 Å². The average molecular weight is 444 g/mol. The molecule has 2 N–H and O–H groups in total. The van der Waals surface area contributed by atoms with Gasteiger partial charge in [-0.1, -0.05) is 39.3 Å². The summed E-state index contributed by atoms with van der Waals surface area (Å²) in [4.78, 5) is 26.2. The third-order valence-electron chi connectivity index (χ3n) is 5.18. The summed E-state index contributed by atoms with van der Waals surface area (Å²) in [5, 5.41) is 2.37. The summed E-state index contributed by atoms with van der Waals surface area (Å²) in [6.45, 7) is 10.7. The molecule has 1 atom stereocenters. The molecule has 1 aliphatic rings. The van der Waals surface area contributed by atoms with E-state index in [-0.39, 0.29) is 24.2 Å². The van der Waals surface area contributed by atoms with Crippen molar-refractivity contribution < 1.29 is 18.0 Å². The number of carbonyl (C=O) groups excluding carboxylic acids is 2. The second kappa shape index (κ2) is 9.34. The number of nitrogens with zero attached hydrogens (tertiary/aromatic N) is 1. The maximum absolute atomic E-state index is 12.7. The normalized spacial score (nSPS) is 17.7. The Kier molecular flexibility index (Phi) is 7.56. The molecular formula is C20H30ClN3O4S. The van der Waals surface area contributed by atoms with Crippen LogP contribution in [0.4, 0.5) is 10.5 Å². The van der Waals surface area contributed by atoms with Crippen LogP contribution in [0, 0.1) is 0 Å². The lowest BCUT2D eigenvalue weighted by atomic mass is 9.92. The number of nitrogens with one attached hydrogen (secondary N) is 2. The van der Waals surface area contributed by atoms with Gasteiger partial charge in [0.05, 0.1) is 5.25 Å². The Morgan fingerprint density at radius 1 is 1.21 bits per heavy atom. The zero-order valence-corrected chi connectivity index (χ0v) is 19.2. The van der Waals surface area contributed by atoms with Gasteiger partial charge in [-0.3, -0.25) is 4.79 Å². The fourth-order valence-corrected chi connectivity index (χ4v) is 5.00. The van der Waals surface area contributed by atoms with Crippen molar-refractivity contribution in [1.29, 1.82) is 0 Å². The van der Waals surface area contributed by atoms with Crippen LogP contribution in [0.25, 0.3) is 0 Å². The van der Waals surface area contributed by atoms with Gasteiger partial charge in [-0.05, 0) is 48.4 Å². The number of benzene rings is 1. The van der Waals surface area contributed by atoms with Crippen molar-refractivity contribution in [3.63, 3.8) is 0 Å². The van der Waals surface area contributed by atoms with Gasteiger partial charge in [0.1, 0.15) is 0 Å². The van der Waals surface area contributed by atoms with Crippen LogP contribution in [0.15, 0.2) is 12.1 Å². The Labute approximate surface area is 178 Å². The second-order valence-corrected chi connectivity index (χ2v) is 10.4. The number of anilines is 1. The zero-order valence-electron chi connectivity index (χ0n) is 17.6. The van der Waals surface area contributed by atoms with Gasteiger partial charge in [0.15, 0.2) is 0 Å². The summed E-state index contributed by atoms with van der Waals surface area (Å²) in [5.74, 6) is -0.0559. The predicted molar refractivity (Wildman–Crippen MR) is 116 cm³/mol. The maximum Gasteiger partial charge on any atom is 0.332 e. The van der Waals surface area contributed by atoms with E-state index in [2.05, 4.69) is 10.0 Å². The van der Waals surface area contributed by atoms with Crippen LogP contribution < -0.4 is 10.0 Å². The number of urea groups is 1. The Balaban J connectivity index is 2.22. The van der Waals surface area contributed by atoms with Crippen LogP contribution in [-0.2, 0) is 14.8 Å². The Hall–Kier alpha value is -1.80. The molecule has 9 heteroatoms. The van der Waals surface area contributed by atoms with Crippen LogP contribution in [0.3, 0.4) is 0 Å².